The number of rotatable bonds is 3. The SMILES string of the molecule is C(=N/N1CCN(c2cccc[nH+]2)CC1)/c1ccco1. The van der Waals surface area contributed by atoms with Gasteiger partial charge in [0.25, 0.3) is 5.82 Å². The second-order valence-electron chi connectivity index (χ2n) is 4.45. The van der Waals surface area contributed by atoms with Crippen LogP contribution in [0.5, 0.6) is 0 Å². The summed E-state index contributed by atoms with van der Waals surface area (Å²) < 4.78 is 5.22. The molecule has 19 heavy (non-hydrogen) atoms. The standard InChI is InChI=1S/C14H16N4O/c1-2-6-15-14(5-1)17-7-9-18(10-8-17)16-12-13-4-3-11-19-13/h1-6,11-12H,7-10H2/p+1/b16-12-. The molecule has 3 heterocycles. The molecule has 0 spiro atoms. The zero-order chi connectivity index (χ0) is 12.9. The van der Waals surface area contributed by atoms with Gasteiger partial charge in [-0.15, -0.1) is 0 Å². The monoisotopic (exact) mass is 257 g/mol. The number of pyridine rings is 1. The maximum atomic E-state index is 5.22. The average molecular weight is 257 g/mol. The largest absolute Gasteiger partial charge is 0.463 e. The van der Waals surface area contributed by atoms with Crippen LogP contribution in [0, 0.1) is 0 Å². The molecular weight excluding hydrogens is 240 g/mol. The highest BCUT2D eigenvalue weighted by atomic mass is 16.3. The van der Waals surface area contributed by atoms with E-state index in [2.05, 4.69) is 26.1 Å². The van der Waals surface area contributed by atoms with Crippen LogP contribution in [0.15, 0.2) is 52.3 Å². The van der Waals surface area contributed by atoms with Crippen LogP contribution in [0.1, 0.15) is 5.76 Å². The Balaban J connectivity index is 1.55. The van der Waals surface area contributed by atoms with Crippen molar-refractivity contribution in [2.24, 2.45) is 5.10 Å². The van der Waals surface area contributed by atoms with Gasteiger partial charge in [-0.1, -0.05) is 6.07 Å². The summed E-state index contributed by atoms with van der Waals surface area (Å²) in [5.41, 5.74) is 0. The van der Waals surface area contributed by atoms with E-state index < -0.39 is 0 Å². The highest BCUT2D eigenvalue weighted by Crippen LogP contribution is 2.10. The van der Waals surface area contributed by atoms with Crippen molar-refractivity contribution in [1.82, 2.24) is 5.01 Å². The van der Waals surface area contributed by atoms with Crippen molar-refractivity contribution in [2.75, 3.05) is 31.1 Å². The number of anilines is 1. The predicted octanol–water partition coefficient (Wildman–Crippen LogP) is 1.25. The molecule has 0 radical (unpaired) electrons. The number of aromatic amines is 1. The van der Waals surface area contributed by atoms with Crippen molar-refractivity contribution in [3.05, 3.63) is 48.6 Å². The minimum atomic E-state index is 0.791. The van der Waals surface area contributed by atoms with Crippen molar-refractivity contribution < 1.29 is 9.40 Å². The van der Waals surface area contributed by atoms with Crippen LogP contribution >= 0.6 is 0 Å². The molecule has 2 aromatic rings. The predicted molar refractivity (Wildman–Crippen MR) is 73.1 cm³/mol. The van der Waals surface area contributed by atoms with Gasteiger partial charge in [0, 0.05) is 6.07 Å². The van der Waals surface area contributed by atoms with Gasteiger partial charge in [0.05, 0.1) is 31.8 Å². The maximum absolute atomic E-state index is 5.22. The van der Waals surface area contributed by atoms with Crippen molar-refractivity contribution >= 4 is 12.0 Å². The van der Waals surface area contributed by atoms with E-state index >= 15 is 0 Å². The number of H-pyrrole nitrogens is 1. The molecule has 0 atom stereocenters. The third-order valence-corrected chi connectivity index (χ3v) is 3.18. The molecule has 1 N–H and O–H groups in total. The van der Waals surface area contributed by atoms with Crippen LogP contribution in [-0.4, -0.2) is 37.4 Å². The quantitative estimate of drug-likeness (QED) is 0.777. The molecule has 0 aromatic carbocycles. The van der Waals surface area contributed by atoms with E-state index in [-0.39, 0.29) is 0 Å². The molecule has 3 rings (SSSR count). The molecule has 98 valence electrons. The third kappa shape index (κ3) is 2.93. The van der Waals surface area contributed by atoms with E-state index in [1.165, 1.54) is 0 Å². The Labute approximate surface area is 112 Å². The van der Waals surface area contributed by atoms with Crippen LogP contribution in [-0.2, 0) is 0 Å². The summed E-state index contributed by atoms with van der Waals surface area (Å²) in [7, 11) is 0. The number of nitrogens with zero attached hydrogens (tertiary/aromatic N) is 3. The Morgan fingerprint density at radius 3 is 2.68 bits per heavy atom. The molecule has 0 unspecified atom stereocenters. The number of hydrogen-bond acceptors (Lipinski definition) is 4. The molecule has 5 heteroatoms. The number of nitrogens with one attached hydrogen (secondary N) is 1. The number of piperazine rings is 1. The molecule has 1 saturated heterocycles. The van der Waals surface area contributed by atoms with Crippen LogP contribution < -0.4 is 9.88 Å². The van der Waals surface area contributed by atoms with E-state index in [9.17, 15) is 0 Å². The first kappa shape index (κ1) is 11.8. The molecule has 1 fully saturated rings. The lowest BCUT2D eigenvalue weighted by molar-refractivity contribution is -0.364. The maximum Gasteiger partial charge on any atom is 0.274 e. The molecule has 0 saturated carbocycles. The number of furan rings is 1. The lowest BCUT2D eigenvalue weighted by Crippen LogP contribution is -2.45. The van der Waals surface area contributed by atoms with Crippen LogP contribution in [0.4, 0.5) is 5.82 Å². The minimum Gasteiger partial charge on any atom is -0.463 e. The smallest absolute Gasteiger partial charge is 0.274 e. The molecule has 1 aliphatic heterocycles. The van der Waals surface area contributed by atoms with E-state index in [0.717, 1.165) is 37.8 Å². The van der Waals surface area contributed by atoms with Gasteiger partial charge in [-0.2, -0.15) is 5.10 Å². The molecule has 0 amide bonds. The van der Waals surface area contributed by atoms with Gasteiger partial charge < -0.3 is 4.42 Å². The molecule has 5 nitrogen and oxygen atoms in total. The highest BCUT2D eigenvalue weighted by molar-refractivity contribution is 5.75. The normalized spacial score (nSPS) is 16.2. The Hall–Kier alpha value is -2.30. The molecule has 0 aliphatic carbocycles. The highest BCUT2D eigenvalue weighted by Gasteiger charge is 2.21. The summed E-state index contributed by atoms with van der Waals surface area (Å²) in [4.78, 5) is 5.59. The first-order chi connectivity index (χ1) is 9.42. The van der Waals surface area contributed by atoms with Gasteiger partial charge in [0.2, 0.25) is 0 Å². The fourth-order valence-electron chi connectivity index (χ4n) is 2.14. The Kier molecular flexibility index (Phi) is 3.45. The van der Waals surface area contributed by atoms with E-state index in [1.807, 2.05) is 30.5 Å². The average Bonchev–Trinajstić information content (AvgIpc) is 3.00. The van der Waals surface area contributed by atoms with Gasteiger partial charge in [0.15, 0.2) is 0 Å². The zero-order valence-electron chi connectivity index (χ0n) is 10.7. The Morgan fingerprint density at radius 1 is 1.11 bits per heavy atom. The van der Waals surface area contributed by atoms with E-state index in [4.69, 9.17) is 4.42 Å². The van der Waals surface area contributed by atoms with Gasteiger partial charge >= 0.3 is 0 Å². The van der Waals surface area contributed by atoms with Crippen LogP contribution in [0.2, 0.25) is 0 Å². The van der Waals surface area contributed by atoms with E-state index in [1.54, 1.807) is 12.5 Å². The van der Waals surface area contributed by atoms with Gasteiger partial charge in [0.1, 0.15) is 18.8 Å². The summed E-state index contributed by atoms with van der Waals surface area (Å²) in [6.45, 7) is 3.77. The van der Waals surface area contributed by atoms with E-state index in [0.29, 0.717) is 0 Å². The topological polar surface area (TPSA) is 46.1 Å². The van der Waals surface area contributed by atoms with Gasteiger partial charge in [-0.3, -0.25) is 9.91 Å². The fourth-order valence-corrected chi connectivity index (χ4v) is 2.14. The molecule has 1 aliphatic rings. The fraction of sp³-hybridized carbons (Fsp3) is 0.286. The van der Waals surface area contributed by atoms with Crippen molar-refractivity contribution in [2.45, 2.75) is 0 Å². The minimum absolute atomic E-state index is 0.791. The van der Waals surface area contributed by atoms with Crippen molar-refractivity contribution in [3.8, 4) is 0 Å². The molecule has 0 bridgehead atoms. The Bertz CT molecular complexity index is 516. The van der Waals surface area contributed by atoms with Gasteiger partial charge in [-0.25, -0.2) is 4.98 Å². The summed E-state index contributed by atoms with van der Waals surface area (Å²) in [5.74, 6) is 1.95. The lowest BCUT2D eigenvalue weighted by Gasteiger charge is -2.28. The summed E-state index contributed by atoms with van der Waals surface area (Å²) in [5, 5.41) is 6.50. The lowest BCUT2D eigenvalue weighted by atomic mass is 10.3. The Morgan fingerprint density at radius 2 is 2.00 bits per heavy atom. The van der Waals surface area contributed by atoms with Crippen molar-refractivity contribution in [3.63, 3.8) is 0 Å². The van der Waals surface area contributed by atoms with Crippen LogP contribution in [0.25, 0.3) is 0 Å². The second kappa shape index (κ2) is 5.56. The first-order valence-electron chi connectivity index (χ1n) is 6.46. The van der Waals surface area contributed by atoms with Crippen molar-refractivity contribution in [1.29, 1.82) is 0 Å². The third-order valence-electron chi connectivity index (χ3n) is 3.18. The van der Waals surface area contributed by atoms with Crippen LogP contribution in [0.3, 0.4) is 0 Å². The number of aromatic nitrogens is 1. The van der Waals surface area contributed by atoms with Gasteiger partial charge in [-0.05, 0) is 18.2 Å². The first-order valence-corrected chi connectivity index (χ1v) is 6.46. The number of hydrogen-bond donors (Lipinski definition) is 0. The number of hydrazone groups is 1. The molecule has 2 aromatic heterocycles. The second-order valence-corrected chi connectivity index (χ2v) is 4.45. The molecular formula is C14H17N4O+. The summed E-state index contributed by atoms with van der Waals surface area (Å²) in [6, 6.07) is 9.91. The summed E-state index contributed by atoms with van der Waals surface area (Å²) >= 11 is 0. The summed E-state index contributed by atoms with van der Waals surface area (Å²) in [6.07, 6.45) is 5.38. The zero-order valence-corrected chi connectivity index (χ0v) is 10.7.